The molecular formula is C16H29NO. The Balaban J connectivity index is 1.71. The van der Waals surface area contributed by atoms with E-state index in [1.165, 1.54) is 57.8 Å². The van der Waals surface area contributed by atoms with E-state index in [1.54, 1.807) is 4.90 Å². The summed E-state index contributed by atoms with van der Waals surface area (Å²) >= 11 is 0. The molecule has 2 heteroatoms. The molecule has 0 atom stereocenters. The number of carbonyl (C=O) groups is 1. The van der Waals surface area contributed by atoms with E-state index in [0.717, 1.165) is 24.2 Å². The maximum absolute atomic E-state index is 11.6. The van der Waals surface area contributed by atoms with Crippen LogP contribution in [-0.4, -0.2) is 24.9 Å². The molecule has 0 unspecified atom stereocenters. The van der Waals surface area contributed by atoms with Crippen molar-refractivity contribution in [3.05, 3.63) is 0 Å². The second-order valence-corrected chi connectivity index (χ2v) is 6.83. The zero-order valence-corrected chi connectivity index (χ0v) is 12.2. The quantitative estimate of drug-likeness (QED) is 0.742. The number of amides is 1. The molecule has 2 fully saturated rings. The predicted octanol–water partition coefficient (Wildman–Crippen LogP) is 4.00. The van der Waals surface area contributed by atoms with Crippen LogP contribution >= 0.6 is 0 Å². The molecule has 1 spiro atoms. The van der Waals surface area contributed by atoms with Gasteiger partial charge in [0, 0.05) is 20.5 Å². The molecular weight excluding hydrogens is 222 g/mol. The van der Waals surface area contributed by atoms with Gasteiger partial charge in [-0.3, -0.25) is 4.79 Å². The monoisotopic (exact) mass is 251 g/mol. The van der Waals surface area contributed by atoms with Crippen LogP contribution in [0.1, 0.15) is 70.6 Å². The predicted molar refractivity (Wildman–Crippen MR) is 75.4 cm³/mol. The average Bonchev–Trinajstić information content (AvgIpc) is 2.39. The second kappa shape index (κ2) is 6.08. The first kappa shape index (κ1) is 13.9. The van der Waals surface area contributed by atoms with Gasteiger partial charge in [0.1, 0.15) is 0 Å². The van der Waals surface area contributed by atoms with Crippen LogP contribution in [-0.2, 0) is 4.79 Å². The summed E-state index contributed by atoms with van der Waals surface area (Å²) in [7, 11) is 3.72. The Kier molecular flexibility index (Phi) is 4.69. The van der Waals surface area contributed by atoms with Gasteiger partial charge in [-0.05, 0) is 56.3 Å². The normalized spacial score (nSPS) is 24.1. The summed E-state index contributed by atoms with van der Waals surface area (Å²) in [5.41, 5.74) is 0.723. The largest absolute Gasteiger partial charge is 0.349 e. The molecule has 0 saturated heterocycles. The van der Waals surface area contributed by atoms with Crippen LogP contribution in [0.15, 0.2) is 0 Å². The first-order chi connectivity index (χ1) is 8.61. The SMILES string of the molecule is CN(C)C(=O)CCC1CCC2(CCCCC2)CC1. The first-order valence-electron chi connectivity index (χ1n) is 7.81. The van der Waals surface area contributed by atoms with Crippen molar-refractivity contribution in [1.82, 2.24) is 4.90 Å². The van der Waals surface area contributed by atoms with Gasteiger partial charge in [-0.2, -0.15) is 0 Å². The fourth-order valence-corrected chi connectivity index (χ4v) is 3.93. The van der Waals surface area contributed by atoms with Crippen LogP contribution in [0.3, 0.4) is 0 Å². The summed E-state index contributed by atoms with van der Waals surface area (Å²) in [6.07, 6.45) is 14.9. The van der Waals surface area contributed by atoms with Gasteiger partial charge in [0.05, 0.1) is 0 Å². The van der Waals surface area contributed by atoms with Crippen LogP contribution in [0.4, 0.5) is 0 Å². The highest BCUT2D eigenvalue weighted by atomic mass is 16.2. The molecule has 2 aliphatic rings. The summed E-state index contributed by atoms with van der Waals surface area (Å²) in [4.78, 5) is 13.3. The molecule has 0 radical (unpaired) electrons. The van der Waals surface area contributed by atoms with E-state index < -0.39 is 0 Å². The van der Waals surface area contributed by atoms with Gasteiger partial charge < -0.3 is 4.90 Å². The summed E-state index contributed by atoms with van der Waals surface area (Å²) in [6.45, 7) is 0. The van der Waals surface area contributed by atoms with Crippen molar-refractivity contribution in [2.75, 3.05) is 14.1 Å². The topological polar surface area (TPSA) is 20.3 Å². The van der Waals surface area contributed by atoms with Gasteiger partial charge in [0.15, 0.2) is 0 Å². The lowest BCUT2D eigenvalue weighted by atomic mass is 9.63. The highest BCUT2D eigenvalue weighted by molar-refractivity contribution is 5.75. The molecule has 18 heavy (non-hydrogen) atoms. The number of carbonyl (C=O) groups excluding carboxylic acids is 1. The van der Waals surface area contributed by atoms with Crippen LogP contribution in [0.2, 0.25) is 0 Å². The van der Waals surface area contributed by atoms with Crippen molar-refractivity contribution in [1.29, 1.82) is 0 Å². The lowest BCUT2D eigenvalue weighted by molar-refractivity contribution is -0.129. The number of hydrogen-bond donors (Lipinski definition) is 0. The maximum Gasteiger partial charge on any atom is 0.222 e. The zero-order valence-electron chi connectivity index (χ0n) is 12.2. The average molecular weight is 251 g/mol. The highest BCUT2D eigenvalue weighted by Gasteiger charge is 2.35. The van der Waals surface area contributed by atoms with Crippen LogP contribution in [0, 0.1) is 11.3 Å². The zero-order chi connectivity index (χ0) is 13.0. The summed E-state index contributed by atoms with van der Waals surface area (Å²) in [5, 5.41) is 0. The van der Waals surface area contributed by atoms with E-state index in [1.807, 2.05) is 14.1 Å². The fraction of sp³-hybridized carbons (Fsp3) is 0.938. The summed E-state index contributed by atoms with van der Waals surface area (Å²) < 4.78 is 0. The molecule has 2 rings (SSSR count). The molecule has 0 aromatic heterocycles. The Morgan fingerprint density at radius 1 is 1.06 bits per heavy atom. The molecule has 2 aliphatic carbocycles. The van der Waals surface area contributed by atoms with E-state index in [0.29, 0.717) is 5.91 Å². The lowest BCUT2D eigenvalue weighted by Gasteiger charge is -2.43. The molecule has 0 aromatic carbocycles. The van der Waals surface area contributed by atoms with E-state index in [2.05, 4.69) is 0 Å². The molecule has 2 nitrogen and oxygen atoms in total. The van der Waals surface area contributed by atoms with Crippen molar-refractivity contribution in [2.24, 2.45) is 11.3 Å². The van der Waals surface area contributed by atoms with Crippen LogP contribution < -0.4 is 0 Å². The molecule has 0 aliphatic heterocycles. The molecule has 2 saturated carbocycles. The number of hydrogen-bond acceptors (Lipinski definition) is 1. The third kappa shape index (κ3) is 3.49. The second-order valence-electron chi connectivity index (χ2n) is 6.83. The van der Waals surface area contributed by atoms with Crippen molar-refractivity contribution in [2.45, 2.75) is 70.6 Å². The number of nitrogens with zero attached hydrogens (tertiary/aromatic N) is 1. The first-order valence-corrected chi connectivity index (χ1v) is 7.81. The standard InChI is InChI=1S/C16H29NO/c1-17(2)15(18)7-6-14-8-12-16(13-9-14)10-4-3-5-11-16/h14H,3-13H2,1-2H3. The van der Waals surface area contributed by atoms with Crippen molar-refractivity contribution >= 4 is 5.91 Å². The Labute approximate surface area is 112 Å². The molecule has 0 aromatic rings. The minimum Gasteiger partial charge on any atom is -0.349 e. The van der Waals surface area contributed by atoms with Gasteiger partial charge in [0.2, 0.25) is 5.91 Å². The van der Waals surface area contributed by atoms with E-state index in [4.69, 9.17) is 0 Å². The Morgan fingerprint density at radius 2 is 1.67 bits per heavy atom. The van der Waals surface area contributed by atoms with Crippen molar-refractivity contribution in [3.8, 4) is 0 Å². The molecule has 0 bridgehead atoms. The van der Waals surface area contributed by atoms with Crippen molar-refractivity contribution in [3.63, 3.8) is 0 Å². The van der Waals surface area contributed by atoms with Crippen LogP contribution in [0.25, 0.3) is 0 Å². The molecule has 104 valence electrons. The smallest absolute Gasteiger partial charge is 0.222 e. The van der Waals surface area contributed by atoms with E-state index in [9.17, 15) is 4.79 Å². The Bertz CT molecular complexity index is 269. The fourth-order valence-electron chi connectivity index (χ4n) is 3.93. The van der Waals surface area contributed by atoms with Crippen LogP contribution in [0.5, 0.6) is 0 Å². The highest BCUT2D eigenvalue weighted by Crippen LogP contribution is 2.49. The summed E-state index contributed by atoms with van der Waals surface area (Å²) in [6, 6.07) is 0. The van der Waals surface area contributed by atoms with Gasteiger partial charge >= 0.3 is 0 Å². The molecule has 0 N–H and O–H groups in total. The minimum atomic E-state index is 0.299. The summed E-state index contributed by atoms with van der Waals surface area (Å²) in [5.74, 6) is 1.12. The van der Waals surface area contributed by atoms with E-state index >= 15 is 0 Å². The third-order valence-corrected chi connectivity index (χ3v) is 5.35. The Hall–Kier alpha value is -0.530. The minimum absolute atomic E-state index is 0.299. The number of rotatable bonds is 3. The lowest BCUT2D eigenvalue weighted by Crippen LogP contribution is -2.30. The Morgan fingerprint density at radius 3 is 2.22 bits per heavy atom. The third-order valence-electron chi connectivity index (χ3n) is 5.35. The van der Waals surface area contributed by atoms with E-state index in [-0.39, 0.29) is 0 Å². The van der Waals surface area contributed by atoms with Gasteiger partial charge in [-0.1, -0.05) is 19.3 Å². The van der Waals surface area contributed by atoms with Crippen molar-refractivity contribution < 1.29 is 4.79 Å². The molecule has 0 heterocycles. The van der Waals surface area contributed by atoms with Gasteiger partial charge in [0.25, 0.3) is 0 Å². The van der Waals surface area contributed by atoms with Gasteiger partial charge in [-0.25, -0.2) is 0 Å². The maximum atomic E-state index is 11.6. The molecule has 1 amide bonds. The van der Waals surface area contributed by atoms with Gasteiger partial charge in [-0.15, -0.1) is 0 Å².